The number of hydrogen-bond acceptors (Lipinski definition) is 9. The highest BCUT2D eigenvalue weighted by molar-refractivity contribution is 7.74. The van der Waals surface area contributed by atoms with Crippen LogP contribution in [0.3, 0.4) is 0 Å². The van der Waals surface area contributed by atoms with Crippen LogP contribution in [0.4, 0.5) is 0 Å². The standard InChI is InChI=1S/C31H36NO8P/c1-4-40-41(34,30-8-6-5-7-9-30)31-23-27(22-28(32-31)24-39-25(2)33)11-10-26-12-14-29(15-13-26)38-21-20-37-19-18-36-17-16-35-3/h5-9,12-15,22-23H,4,16-21,24H2,1-3H3. The Morgan fingerprint density at radius 2 is 1.51 bits per heavy atom. The zero-order chi connectivity index (χ0) is 29.3. The third-order valence-corrected chi connectivity index (χ3v) is 7.93. The van der Waals surface area contributed by atoms with Crippen molar-refractivity contribution in [2.75, 3.05) is 53.4 Å². The van der Waals surface area contributed by atoms with Crippen molar-refractivity contribution >= 4 is 24.1 Å². The monoisotopic (exact) mass is 581 g/mol. The third kappa shape index (κ3) is 10.8. The molecule has 0 aliphatic rings. The van der Waals surface area contributed by atoms with Gasteiger partial charge in [0.05, 0.1) is 45.3 Å². The van der Waals surface area contributed by atoms with Crippen molar-refractivity contribution in [3.63, 3.8) is 0 Å². The number of aromatic nitrogens is 1. The molecule has 10 heteroatoms. The number of rotatable bonds is 16. The fourth-order valence-corrected chi connectivity index (χ4v) is 5.63. The molecule has 0 amide bonds. The zero-order valence-corrected chi connectivity index (χ0v) is 24.6. The molecule has 0 aliphatic carbocycles. The highest BCUT2D eigenvalue weighted by Gasteiger charge is 2.30. The number of carbonyl (C=O) groups is 1. The molecule has 3 aromatic rings. The minimum absolute atomic E-state index is 0.0740. The lowest BCUT2D eigenvalue weighted by Crippen LogP contribution is -2.22. The number of esters is 1. The number of methoxy groups -OCH3 is 1. The van der Waals surface area contributed by atoms with E-state index in [9.17, 15) is 9.36 Å². The molecule has 0 bridgehead atoms. The largest absolute Gasteiger partial charge is 0.491 e. The Kier molecular flexibility index (Phi) is 13.5. The van der Waals surface area contributed by atoms with Gasteiger partial charge in [0.25, 0.3) is 7.37 Å². The second-order valence-electron chi connectivity index (χ2n) is 8.63. The van der Waals surface area contributed by atoms with Gasteiger partial charge < -0.3 is 28.2 Å². The summed E-state index contributed by atoms with van der Waals surface area (Å²) in [5, 5.41) is 0.522. The molecule has 1 aromatic heterocycles. The van der Waals surface area contributed by atoms with Crippen LogP contribution in [0.25, 0.3) is 0 Å². The molecule has 0 spiro atoms. The summed E-state index contributed by atoms with van der Waals surface area (Å²) in [6.07, 6.45) is 0. The van der Waals surface area contributed by atoms with E-state index >= 15 is 0 Å². The van der Waals surface area contributed by atoms with E-state index in [0.29, 0.717) is 62.0 Å². The summed E-state index contributed by atoms with van der Waals surface area (Å²) in [7, 11) is -1.88. The zero-order valence-electron chi connectivity index (χ0n) is 23.7. The molecule has 0 saturated heterocycles. The van der Waals surface area contributed by atoms with Crippen molar-refractivity contribution in [2.24, 2.45) is 0 Å². The lowest BCUT2D eigenvalue weighted by molar-refractivity contribution is -0.142. The van der Waals surface area contributed by atoms with Gasteiger partial charge in [-0.05, 0) is 55.5 Å². The van der Waals surface area contributed by atoms with Crippen molar-refractivity contribution in [2.45, 2.75) is 20.5 Å². The molecular formula is C31H36NO8P. The number of hydrogen-bond donors (Lipinski definition) is 0. The Labute approximate surface area is 241 Å². The smallest absolute Gasteiger partial charge is 0.303 e. The average Bonchev–Trinajstić information content (AvgIpc) is 2.99. The van der Waals surface area contributed by atoms with Gasteiger partial charge in [-0.25, -0.2) is 4.98 Å². The minimum atomic E-state index is -3.51. The maximum Gasteiger partial charge on any atom is 0.303 e. The highest BCUT2D eigenvalue weighted by atomic mass is 31.2. The van der Waals surface area contributed by atoms with E-state index in [-0.39, 0.29) is 18.6 Å². The molecule has 1 atom stereocenters. The van der Waals surface area contributed by atoms with Gasteiger partial charge in [0.15, 0.2) is 0 Å². The van der Waals surface area contributed by atoms with Crippen molar-refractivity contribution in [3.05, 3.63) is 83.6 Å². The second kappa shape index (κ2) is 17.3. The maximum absolute atomic E-state index is 14.1. The van der Waals surface area contributed by atoms with Gasteiger partial charge in [0, 0.05) is 30.5 Å². The van der Waals surface area contributed by atoms with E-state index in [4.69, 9.17) is 28.2 Å². The minimum Gasteiger partial charge on any atom is -0.491 e. The first kappa shape index (κ1) is 32.0. The first-order valence-corrected chi connectivity index (χ1v) is 14.9. The number of nitrogens with zero attached hydrogens (tertiary/aromatic N) is 1. The van der Waals surface area contributed by atoms with Crippen LogP contribution in [0, 0.1) is 11.8 Å². The molecule has 0 fully saturated rings. The van der Waals surface area contributed by atoms with Gasteiger partial charge in [-0.2, -0.15) is 0 Å². The second-order valence-corrected chi connectivity index (χ2v) is 11.0. The van der Waals surface area contributed by atoms with E-state index in [2.05, 4.69) is 16.8 Å². The molecule has 9 nitrogen and oxygen atoms in total. The molecular weight excluding hydrogens is 545 g/mol. The van der Waals surface area contributed by atoms with Gasteiger partial charge in [0.1, 0.15) is 24.4 Å². The molecule has 1 unspecified atom stereocenters. The van der Waals surface area contributed by atoms with Crippen LogP contribution in [-0.2, 0) is 39.4 Å². The SMILES string of the molecule is CCOP(=O)(c1ccccc1)c1cc(C#Cc2ccc(OCCOCCOCCOC)cc2)cc(COC(C)=O)n1. The van der Waals surface area contributed by atoms with Crippen LogP contribution in [0.1, 0.15) is 30.7 Å². The Bertz CT molecular complexity index is 1340. The van der Waals surface area contributed by atoms with Gasteiger partial charge in [-0.15, -0.1) is 0 Å². The van der Waals surface area contributed by atoms with E-state index in [0.717, 1.165) is 5.56 Å². The summed E-state index contributed by atoms with van der Waals surface area (Å²) in [6, 6.07) is 19.7. The van der Waals surface area contributed by atoms with Crippen molar-refractivity contribution in [1.82, 2.24) is 4.98 Å². The summed E-state index contributed by atoms with van der Waals surface area (Å²) in [5.41, 5.74) is 1.99. The third-order valence-electron chi connectivity index (χ3n) is 5.50. The molecule has 1 heterocycles. The topological polar surface area (TPSA) is 102 Å². The molecule has 3 rings (SSSR count). The molecule has 0 radical (unpaired) electrons. The fourth-order valence-electron chi connectivity index (χ4n) is 3.58. The lowest BCUT2D eigenvalue weighted by Gasteiger charge is -2.18. The summed E-state index contributed by atoms with van der Waals surface area (Å²) in [5.74, 6) is 6.48. The number of ether oxygens (including phenoxy) is 5. The van der Waals surface area contributed by atoms with Crippen molar-refractivity contribution < 1.29 is 37.6 Å². The van der Waals surface area contributed by atoms with E-state index in [1.165, 1.54) is 6.92 Å². The maximum atomic E-state index is 14.1. The van der Waals surface area contributed by atoms with E-state index in [1.807, 2.05) is 30.3 Å². The number of benzene rings is 2. The number of pyridine rings is 1. The first-order chi connectivity index (χ1) is 19.9. The van der Waals surface area contributed by atoms with E-state index < -0.39 is 13.3 Å². The summed E-state index contributed by atoms with van der Waals surface area (Å²) >= 11 is 0. The first-order valence-electron chi connectivity index (χ1n) is 13.3. The van der Waals surface area contributed by atoms with Crippen LogP contribution in [0.2, 0.25) is 0 Å². The normalized spacial score (nSPS) is 12.2. The molecule has 0 saturated carbocycles. The molecule has 2 aromatic carbocycles. The van der Waals surface area contributed by atoms with Crippen molar-refractivity contribution in [1.29, 1.82) is 0 Å². The van der Waals surface area contributed by atoms with Crippen LogP contribution in [-0.4, -0.2) is 64.3 Å². The molecule has 218 valence electrons. The van der Waals surface area contributed by atoms with Crippen LogP contribution in [0.5, 0.6) is 5.75 Å². The summed E-state index contributed by atoms with van der Waals surface area (Å²) < 4.78 is 46.5. The molecule has 0 aliphatic heterocycles. The summed E-state index contributed by atoms with van der Waals surface area (Å²) in [6.45, 7) is 6.23. The van der Waals surface area contributed by atoms with E-state index in [1.54, 1.807) is 50.4 Å². The Morgan fingerprint density at radius 1 is 0.854 bits per heavy atom. The number of carbonyl (C=O) groups excluding carboxylic acids is 1. The van der Waals surface area contributed by atoms with Crippen LogP contribution in [0.15, 0.2) is 66.7 Å². The molecule has 41 heavy (non-hydrogen) atoms. The predicted molar refractivity (Wildman–Crippen MR) is 156 cm³/mol. The summed E-state index contributed by atoms with van der Waals surface area (Å²) in [4.78, 5) is 15.9. The van der Waals surface area contributed by atoms with Gasteiger partial charge >= 0.3 is 5.97 Å². The molecule has 0 N–H and O–H groups in total. The average molecular weight is 582 g/mol. The highest BCUT2D eigenvalue weighted by Crippen LogP contribution is 2.44. The lowest BCUT2D eigenvalue weighted by atomic mass is 10.2. The van der Waals surface area contributed by atoms with Gasteiger partial charge in [0.2, 0.25) is 0 Å². The quantitative estimate of drug-likeness (QED) is 0.108. The van der Waals surface area contributed by atoms with Crippen LogP contribution >= 0.6 is 7.37 Å². The van der Waals surface area contributed by atoms with Gasteiger partial charge in [-0.3, -0.25) is 9.36 Å². The van der Waals surface area contributed by atoms with Crippen molar-refractivity contribution in [3.8, 4) is 17.6 Å². The van der Waals surface area contributed by atoms with Crippen LogP contribution < -0.4 is 15.5 Å². The Morgan fingerprint density at radius 3 is 2.17 bits per heavy atom. The fraction of sp³-hybridized carbons (Fsp3) is 0.355. The Balaban J connectivity index is 1.70. The predicted octanol–water partition coefficient (Wildman–Crippen LogP) is 3.87. The Hall–Kier alpha value is -3.51. The van der Waals surface area contributed by atoms with Gasteiger partial charge in [-0.1, -0.05) is 30.0 Å².